The van der Waals surface area contributed by atoms with Crippen LogP contribution < -0.4 is 0 Å². The number of allylic oxidation sites excluding steroid dienone is 2. The molecule has 3 aromatic heterocycles. The molecule has 3 aromatic rings. The monoisotopic (exact) mass is 743 g/mol. The standard InChI is InChI=1S/C15H21BN6.C8H20Si2.C6H10.Ir/c1-10-7-13(4)20(17-10)16(21-14(5)8-11(2)18-21)22-15(6)9-12(3)19-22;1-8(9(2,3)4)10(5,6)7;1-5(2)6(3)4;/h7-9H,1-6H3;1H2,2-7H3;1,3H2,2,4H3;/q-1;;-2;+3/b;;6-5-;. The van der Waals surface area contributed by atoms with E-state index in [2.05, 4.69) is 114 Å². The summed E-state index contributed by atoms with van der Waals surface area (Å²) in [6.45, 7) is 41.9. The second kappa shape index (κ2) is 14.6. The molecule has 0 amide bonds. The maximum atomic E-state index is 4.66. The van der Waals surface area contributed by atoms with Crippen LogP contribution in [0.25, 0.3) is 0 Å². The van der Waals surface area contributed by atoms with E-state index < -0.39 is 16.1 Å². The Morgan fingerprint density at radius 1 is 0.641 bits per heavy atom. The SMILES string of the molecule is C=C([Si](C)(C)C)[Si](C)(C)C.Cc1cc(C)n([B-](n2nc(C)cc2C)n2nc(C)cc2C)n1.[CH2-]/C(C)=C(\[CH2-])C.[Ir+3]. The Morgan fingerprint density at radius 3 is 0.974 bits per heavy atom. The zero-order valence-electron chi connectivity index (χ0n) is 26.9. The summed E-state index contributed by atoms with van der Waals surface area (Å²) in [6, 6.07) is 6.22. The topological polar surface area (TPSA) is 53.5 Å². The van der Waals surface area contributed by atoms with Gasteiger partial charge in [-0.05, 0) is 76.8 Å². The molecule has 39 heavy (non-hydrogen) atoms. The number of aromatic nitrogens is 6. The van der Waals surface area contributed by atoms with E-state index in [0.29, 0.717) is 0 Å². The van der Waals surface area contributed by atoms with Crippen LogP contribution in [0.2, 0.25) is 39.3 Å². The first-order valence-electron chi connectivity index (χ1n) is 13.3. The van der Waals surface area contributed by atoms with Gasteiger partial charge >= 0.3 is 20.1 Å². The maximum absolute atomic E-state index is 4.66. The molecular weight excluding hydrogens is 692 g/mol. The number of nitrogens with zero attached hydrogens (tertiary/aromatic N) is 6. The summed E-state index contributed by atoms with van der Waals surface area (Å²) in [5.41, 5.74) is 8.36. The first-order valence-corrected chi connectivity index (χ1v) is 20.3. The van der Waals surface area contributed by atoms with Gasteiger partial charge in [-0.2, -0.15) is 0 Å². The molecule has 3 rings (SSSR count). The zero-order valence-corrected chi connectivity index (χ0v) is 31.3. The van der Waals surface area contributed by atoms with Gasteiger partial charge in [0.2, 0.25) is 0 Å². The van der Waals surface area contributed by atoms with Crippen LogP contribution >= 0.6 is 0 Å². The Hall–Kier alpha value is -2.00. The summed E-state index contributed by atoms with van der Waals surface area (Å²) >= 11 is 0. The van der Waals surface area contributed by atoms with Gasteiger partial charge in [0.1, 0.15) is 0 Å². The largest absolute Gasteiger partial charge is 3.00 e. The van der Waals surface area contributed by atoms with E-state index in [1.165, 1.54) is 0 Å². The molecule has 0 spiro atoms. The Balaban J connectivity index is 0.000000712. The molecule has 10 heteroatoms. The van der Waals surface area contributed by atoms with Crippen molar-refractivity contribution in [3.8, 4) is 0 Å². The average Bonchev–Trinajstić information content (AvgIpc) is 3.37. The fraction of sp³-hybridized carbons (Fsp3) is 0.483. The molecule has 1 radical (unpaired) electrons. The van der Waals surface area contributed by atoms with Crippen LogP contribution in [0.1, 0.15) is 48.0 Å². The van der Waals surface area contributed by atoms with Gasteiger partial charge in [-0.3, -0.25) is 0 Å². The van der Waals surface area contributed by atoms with E-state index in [9.17, 15) is 0 Å². The second-order valence-electron chi connectivity index (χ2n) is 12.5. The van der Waals surface area contributed by atoms with Crippen molar-refractivity contribution in [1.29, 1.82) is 0 Å². The number of hydrogen-bond acceptors (Lipinski definition) is 3. The van der Waals surface area contributed by atoms with Crippen LogP contribution in [-0.4, -0.2) is 52.3 Å². The van der Waals surface area contributed by atoms with E-state index in [4.69, 9.17) is 0 Å². The van der Waals surface area contributed by atoms with E-state index in [0.717, 1.165) is 45.3 Å². The third-order valence-corrected chi connectivity index (χ3v) is 14.5. The van der Waals surface area contributed by atoms with Gasteiger partial charge in [0, 0.05) is 0 Å². The minimum Gasteiger partial charge on any atom is -0.422 e. The van der Waals surface area contributed by atoms with Crippen LogP contribution in [0.3, 0.4) is 0 Å². The van der Waals surface area contributed by atoms with E-state index >= 15 is 0 Å². The number of rotatable bonds is 5. The fourth-order valence-electron chi connectivity index (χ4n) is 4.08. The molecule has 0 unspecified atom stereocenters. The molecule has 0 aromatic carbocycles. The molecule has 0 aliphatic heterocycles. The molecule has 6 nitrogen and oxygen atoms in total. The van der Waals surface area contributed by atoms with E-state index in [-0.39, 0.29) is 27.2 Å². The summed E-state index contributed by atoms with van der Waals surface area (Å²) in [7, 11) is -2.28. The van der Waals surface area contributed by atoms with Crippen LogP contribution in [0.4, 0.5) is 0 Å². The van der Waals surface area contributed by atoms with Crippen molar-refractivity contribution in [2.24, 2.45) is 0 Å². The first-order chi connectivity index (χ1) is 17.2. The van der Waals surface area contributed by atoms with Gasteiger partial charge in [0.25, 0.3) is 7.12 Å². The Labute approximate surface area is 254 Å². The summed E-state index contributed by atoms with van der Waals surface area (Å²) < 4.78 is 5.94. The van der Waals surface area contributed by atoms with Gasteiger partial charge in [-0.1, -0.05) is 44.1 Å². The number of hydrogen-bond donors (Lipinski definition) is 0. The Bertz CT molecular complexity index is 1130. The molecule has 0 N–H and O–H groups in total. The molecule has 217 valence electrons. The quantitative estimate of drug-likeness (QED) is 0.203. The normalized spacial score (nSPS) is 12.1. The summed E-state index contributed by atoms with van der Waals surface area (Å²) in [4.78, 5) is 1.60. The maximum Gasteiger partial charge on any atom is 3.00 e. The van der Waals surface area contributed by atoms with Gasteiger partial charge in [0.15, 0.2) is 0 Å². The van der Waals surface area contributed by atoms with Crippen molar-refractivity contribution in [2.45, 2.75) is 94.7 Å². The van der Waals surface area contributed by atoms with Crippen molar-refractivity contribution in [3.05, 3.63) is 88.8 Å². The third-order valence-electron chi connectivity index (χ3n) is 6.33. The fourth-order valence-corrected chi connectivity index (χ4v) is 13.1. The summed E-state index contributed by atoms with van der Waals surface area (Å²) in [5, 5.41) is 14.0. The third kappa shape index (κ3) is 10.8. The molecule has 0 aliphatic rings. The van der Waals surface area contributed by atoms with Crippen molar-refractivity contribution >= 4 is 23.3 Å². The molecule has 0 saturated carbocycles. The van der Waals surface area contributed by atoms with Crippen LogP contribution in [0.15, 0.2) is 40.7 Å². The summed E-state index contributed by atoms with van der Waals surface area (Å²) in [6.07, 6.45) is 0. The Kier molecular flexibility index (Phi) is 13.8. The average molecular weight is 743 g/mol. The molecule has 0 bridgehead atoms. The number of aryl methyl sites for hydroxylation is 6. The van der Waals surface area contributed by atoms with Gasteiger partial charge < -0.3 is 38.8 Å². The molecular formula is C29H51BIrN6Si2. The first kappa shape index (κ1) is 37.0. The molecule has 0 atom stereocenters. The zero-order chi connectivity index (χ0) is 29.7. The predicted molar refractivity (Wildman–Crippen MR) is 172 cm³/mol. The molecule has 3 heterocycles. The Morgan fingerprint density at radius 2 is 0.872 bits per heavy atom. The van der Waals surface area contributed by atoms with Crippen LogP contribution in [-0.2, 0) is 20.1 Å². The van der Waals surface area contributed by atoms with Crippen molar-refractivity contribution < 1.29 is 20.1 Å². The predicted octanol–water partition coefficient (Wildman–Crippen LogP) is 7.34. The van der Waals surface area contributed by atoms with Gasteiger partial charge in [0.05, 0.1) is 33.2 Å². The molecule has 0 aliphatic carbocycles. The minimum absolute atomic E-state index is 0. The van der Waals surface area contributed by atoms with Crippen molar-refractivity contribution in [2.75, 3.05) is 0 Å². The van der Waals surface area contributed by atoms with Gasteiger partial charge in [-0.15, -0.1) is 20.4 Å². The minimum atomic E-state index is -1.03. The van der Waals surface area contributed by atoms with E-state index in [1.54, 1.807) is 4.82 Å². The van der Waals surface area contributed by atoms with E-state index in [1.807, 2.05) is 48.4 Å². The smallest absolute Gasteiger partial charge is 0.422 e. The molecule has 0 fully saturated rings. The molecule has 0 saturated heterocycles. The van der Waals surface area contributed by atoms with Gasteiger partial charge in [-0.25, -0.2) is 15.3 Å². The van der Waals surface area contributed by atoms with Crippen molar-refractivity contribution in [3.63, 3.8) is 0 Å². The summed E-state index contributed by atoms with van der Waals surface area (Å²) in [5.74, 6) is 0. The van der Waals surface area contributed by atoms with Crippen LogP contribution in [0, 0.1) is 55.4 Å². The van der Waals surface area contributed by atoms with Crippen molar-refractivity contribution in [1.82, 2.24) is 29.1 Å². The second-order valence-corrected chi connectivity index (χ2v) is 23.2. The van der Waals surface area contributed by atoms with Crippen LogP contribution in [0.5, 0.6) is 0 Å².